The quantitative estimate of drug-likeness (QED) is 0.175. The molecular weight excluding hydrogens is 588 g/mol. The number of amides is 1. The third-order valence-electron chi connectivity index (χ3n) is 5.75. The van der Waals surface area contributed by atoms with Crippen molar-refractivity contribution >= 4 is 67.1 Å². The van der Waals surface area contributed by atoms with Crippen LogP contribution in [0.5, 0.6) is 11.5 Å². The first-order valence-electron chi connectivity index (χ1n) is 11.7. The molecule has 0 heterocycles. The SMILES string of the molecule is CCOc1ccc(NC(=O)c2cc3ccccc3c(N=Nc3c(Cl)cc(S(=O)(=O)O)cc3CC)c2[O-])cc1Cl.[Na+]. The summed E-state index contributed by atoms with van der Waals surface area (Å²) in [6.45, 7) is 3.99. The van der Waals surface area contributed by atoms with Gasteiger partial charge in [-0.1, -0.05) is 60.1 Å². The molecule has 0 aromatic heterocycles. The third kappa shape index (κ3) is 6.95. The van der Waals surface area contributed by atoms with Crippen LogP contribution in [0.4, 0.5) is 17.1 Å². The van der Waals surface area contributed by atoms with Gasteiger partial charge in [-0.2, -0.15) is 13.5 Å². The Hall–Kier alpha value is -2.70. The standard InChI is InChI=1S/C27H23Cl2N3O6S.Na/c1-3-15-11-18(39(35,36)37)14-22(29)24(15)31-32-25-19-8-6-5-7-16(19)12-20(26(25)33)27(34)30-17-9-10-23(38-4-2)21(28)13-17;/h5-14,33H,3-4H2,1-2H3,(H,30,34)(H,35,36,37);/q;+1/p-1. The van der Waals surface area contributed by atoms with Crippen LogP contribution in [0.2, 0.25) is 10.0 Å². The molecule has 2 N–H and O–H groups in total. The van der Waals surface area contributed by atoms with Gasteiger partial charge in [-0.3, -0.25) is 9.35 Å². The summed E-state index contributed by atoms with van der Waals surface area (Å²) in [4.78, 5) is 12.8. The molecule has 0 saturated heterocycles. The number of nitrogens with one attached hydrogen (secondary N) is 1. The number of anilines is 1. The number of carbonyl (C=O) groups excluding carboxylic acids is 1. The number of hydrogen-bond acceptors (Lipinski definition) is 7. The van der Waals surface area contributed by atoms with E-state index in [0.29, 0.717) is 45.8 Å². The van der Waals surface area contributed by atoms with Gasteiger partial charge >= 0.3 is 29.6 Å². The van der Waals surface area contributed by atoms with E-state index in [1.165, 1.54) is 18.2 Å². The maximum Gasteiger partial charge on any atom is 1.00 e. The fourth-order valence-electron chi connectivity index (χ4n) is 3.89. The Morgan fingerprint density at radius 3 is 2.35 bits per heavy atom. The minimum Gasteiger partial charge on any atom is -0.870 e. The molecule has 0 saturated carbocycles. The van der Waals surface area contributed by atoms with Crippen molar-refractivity contribution in [3.8, 4) is 11.5 Å². The van der Waals surface area contributed by atoms with E-state index in [1.54, 1.807) is 43.3 Å². The topological polar surface area (TPSA) is 140 Å². The Morgan fingerprint density at radius 1 is 1.00 bits per heavy atom. The van der Waals surface area contributed by atoms with Gasteiger partial charge in [0.2, 0.25) is 0 Å². The normalized spacial score (nSPS) is 11.4. The first-order valence-corrected chi connectivity index (χ1v) is 13.9. The molecule has 0 spiro atoms. The summed E-state index contributed by atoms with van der Waals surface area (Å²) in [7, 11) is -4.49. The van der Waals surface area contributed by atoms with E-state index in [4.69, 9.17) is 27.9 Å². The number of halogens is 2. The van der Waals surface area contributed by atoms with Gasteiger partial charge in [0.05, 0.1) is 27.2 Å². The molecular formula is C27H22Cl2N3NaO6S. The summed E-state index contributed by atoms with van der Waals surface area (Å²) in [6, 6.07) is 15.3. The van der Waals surface area contributed by atoms with Crippen LogP contribution < -0.4 is 44.7 Å². The summed E-state index contributed by atoms with van der Waals surface area (Å²) in [5, 5.41) is 25.7. The van der Waals surface area contributed by atoms with Crippen molar-refractivity contribution in [1.29, 1.82) is 0 Å². The van der Waals surface area contributed by atoms with Crippen molar-refractivity contribution in [3.05, 3.63) is 81.8 Å². The molecule has 0 unspecified atom stereocenters. The number of fused-ring (bicyclic) bond motifs is 1. The smallest absolute Gasteiger partial charge is 0.870 e. The number of benzene rings is 4. The molecule has 0 atom stereocenters. The largest absolute Gasteiger partial charge is 1.00 e. The number of azo groups is 1. The zero-order valence-corrected chi connectivity index (χ0v) is 26.1. The van der Waals surface area contributed by atoms with Crippen LogP contribution in [0.3, 0.4) is 0 Å². The first-order chi connectivity index (χ1) is 18.5. The zero-order valence-electron chi connectivity index (χ0n) is 21.7. The van der Waals surface area contributed by atoms with Gasteiger partial charge in [-0.05, 0) is 60.7 Å². The average Bonchev–Trinajstić information content (AvgIpc) is 2.89. The number of ether oxygens (including phenoxy) is 1. The van der Waals surface area contributed by atoms with Crippen LogP contribution in [-0.2, 0) is 16.5 Å². The van der Waals surface area contributed by atoms with Crippen LogP contribution in [0.15, 0.2) is 75.8 Å². The van der Waals surface area contributed by atoms with Gasteiger partial charge in [-0.25, -0.2) is 0 Å². The third-order valence-corrected chi connectivity index (χ3v) is 7.17. The zero-order chi connectivity index (χ0) is 28.3. The fraction of sp³-hybridized carbons (Fsp3) is 0.148. The van der Waals surface area contributed by atoms with Gasteiger partial charge in [0, 0.05) is 16.6 Å². The van der Waals surface area contributed by atoms with Crippen molar-refractivity contribution in [2.75, 3.05) is 11.9 Å². The number of carbonyl (C=O) groups is 1. The number of hydrogen-bond donors (Lipinski definition) is 2. The molecule has 202 valence electrons. The minimum absolute atomic E-state index is 0. The van der Waals surface area contributed by atoms with Crippen LogP contribution in [0.25, 0.3) is 10.8 Å². The molecule has 0 fully saturated rings. The summed E-state index contributed by atoms with van der Waals surface area (Å²) >= 11 is 12.5. The molecule has 40 heavy (non-hydrogen) atoms. The Morgan fingerprint density at radius 2 is 1.70 bits per heavy atom. The van der Waals surface area contributed by atoms with Gasteiger partial charge in [0.15, 0.2) is 0 Å². The summed E-state index contributed by atoms with van der Waals surface area (Å²) < 4.78 is 38.0. The molecule has 0 aliphatic heterocycles. The van der Waals surface area contributed by atoms with E-state index in [2.05, 4.69) is 15.5 Å². The molecule has 4 aromatic rings. The van der Waals surface area contributed by atoms with Gasteiger partial charge in [-0.15, -0.1) is 5.11 Å². The molecule has 0 aliphatic carbocycles. The second-order valence-electron chi connectivity index (χ2n) is 8.30. The predicted octanol–water partition coefficient (Wildman–Crippen LogP) is 4.10. The summed E-state index contributed by atoms with van der Waals surface area (Å²) in [5.41, 5.74) is 0.615. The van der Waals surface area contributed by atoms with Crippen LogP contribution in [0, 0.1) is 0 Å². The van der Waals surface area contributed by atoms with E-state index >= 15 is 0 Å². The van der Waals surface area contributed by atoms with Crippen LogP contribution in [-0.4, -0.2) is 25.5 Å². The number of aryl methyl sites for hydroxylation is 1. The van der Waals surface area contributed by atoms with E-state index < -0.39 is 21.8 Å². The Bertz CT molecular complexity index is 1730. The maximum atomic E-state index is 13.5. The molecule has 0 bridgehead atoms. The van der Waals surface area contributed by atoms with E-state index in [-0.39, 0.29) is 56.4 Å². The number of rotatable bonds is 8. The Balaban J connectivity index is 0.00000441. The molecule has 13 heteroatoms. The number of nitrogens with zero attached hydrogens (tertiary/aromatic N) is 2. The van der Waals surface area contributed by atoms with E-state index in [9.17, 15) is 22.9 Å². The maximum absolute atomic E-state index is 13.5. The van der Waals surface area contributed by atoms with E-state index in [1.807, 2.05) is 6.92 Å². The van der Waals surface area contributed by atoms with Gasteiger partial charge in [0.1, 0.15) is 11.4 Å². The van der Waals surface area contributed by atoms with Crippen molar-refractivity contribution in [1.82, 2.24) is 0 Å². The van der Waals surface area contributed by atoms with Crippen molar-refractivity contribution in [2.45, 2.75) is 25.2 Å². The molecule has 4 rings (SSSR count). The molecule has 4 aromatic carbocycles. The molecule has 0 radical (unpaired) electrons. The minimum atomic E-state index is -4.49. The van der Waals surface area contributed by atoms with Crippen molar-refractivity contribution in [2.24, 2.45) is 10.2 Å². The van der Waals surface area contributed by atoms with Crippen LogP contribution in [0.1, 0.15) is 29.8 Å². The monoisotopic (exact) mass is 609 g/mol. The van der Waals surface area contributed by atoms with Gasteiger partial charge < -0.3 is 15.2 Å². The summed E-state index contributed by atoms with van der Waals surface area (Å²) in [6.07, 6.45) is 0.315. The predicted molar refractivity (Wildman–Crippen MR) is 149 cm³/mol. The van der Waals surface area contributed by atoms with Crippen molar-refractivity contribution < 1.29 is 57.2 Å². The van der Waals surface area contributed by atoms with Gasteiger partial charge in [0.25, 0.3) is 16.0 Å². The average molecular weight is 610 g/mol. The van der Waals surface area contributed by atoms with Crippen molar-refractivity contribution in [3.63, 3.8) is 0 Å². The second kappa shape index (κ2) is 13.3. The van der Waals surface area contributed by atoms with E-state index in [0.717, 1.165) is 6.07 Å². The first kappa shape index (κ1) is 31.8. The fourth-order valence-corrected chi connectivity index (χ4v) is 5.02. The second-order valence-corrected chi connectivity index (χ2v) is 10.5. The van der Waals surface area contributed by atoms with Crippen LogP contribution >= 0.6 is 23.2 Å². The molecule has 0 aliphatic rings. The summed E-state index contributed by atoms with van der Waals surface area (Å²) in [5.74, 6) is -0.882. The Kier molecular flexibility index (Phi) is 10.6. The molecule has 9 nitrogen and oxygen atoms in total. The Labute approximate surface area is 263 Å². The molecule has 1 amide bonds.